The van der Waals surface area contributed by atoms with Gasteiger partial charge in [-0.05, 0) is 13.3 Å². The molecule has 4 heteroatoms. The number of rotatable bonds is 5. The lowest BCUT2D eigenvalue weighted by Gasteiger charge is -2.17. The van der Waals surface area contributed by atoms with E-state index in [0.717, 1.165) is 24.6 Å². The maximum absolute atomic E-state index is 5.70. The second kappa shape index (κ2) is 5.45. The molecule has 1 aromatic rings. The normalized spacial score (nSPS) is 10.4. The zero-order valence-corrected chi connectivity index (χ0v) is 9.66. The fourth-order valence-corrected chi connectivity index (χ4v) is 2.30. The summed E-state index contributed by atoms with van der Waals surface area (Å²) in [6.45, 7) is 6.11. The molecule has 0 bridgehead atoms. The number of hydrogen-bond donors (Lipinski definition) is 0. The van der Waals surface area contributed by atoms with Crippen molar-refractivity contribution in [1.29, 1.82) is 0 Å². The van der Waals surface area contributed by atoms with Crippen molar-refractivity contribution in [2.24, 2.45) is 0 Å². The SMILES string of the molecule is CCc1csc(N(CC)CCCl)n1. The maximum atomic E-state index is 5.70. The summed E-state index contributed by atoms with van der Waals surface area (Å²) < 4.78 is 0. The molecule has 1 aromatic heterocycles. The highest BCUT2D eigenvalue weighted by molar-refractivity contribution is 7.13. The Labute approximate surface area is 88.5 Å². The number of aryl methyl sites for hydroxylation is 1. The van der Waals surface area contributed by atoms with Crippen LogP contribution in [0.5, 0.6) is 0 Å². The Kier molecular flexibility index (Phi) is 4.53. The number of hydrogen-bond acceptors (Lipinski definition) is 3. The second-order valence-electron chi connectivity index (χ2n) is 2.74. The number of anilines is 1. The van der Waals surface area contributed by atoms with Gasteiger partial charge in [-0.2, -0.15) is 0 Å². The number of halogens is 1. The summed E-state index contributed by atoms with van der Waals surface area (Å²) in [7, 11) is 0. The number of nitrogens with zero attached hydrogens (tertiary/aromatic N) is 2. The average molecular weight is 219 g/mol. The van der Waals surface area contributed by atoms with Crippen LogP contribution in [0.3, 0.4) is 0 Å². The standard InChI is InChI=1S/C9H15ClN2S/c1-3-8-7-13-9(11-8)12(4-2)6-5-10/h7H,3-6H2,1-2H3. The smallest absolute Gasteiger partial charge is 0.185 e. The molecule has 74 valence electrons. The maximum Gasteiger partial charge on any atom is 0.185 e. The van der Waals surface area contributed by atoms with Gasteiger partial charge in [0.1, 0.15) is 0 Å². The van der Waals surface area contributed by atoms with E-state index in [-0.39, 0.29) is 0 Å². The van der Waals surface area contributed by atoms with Crippen molar-refractivity contribution in [2.75, 3.05) is 23.9 Å². The molecule has 0 radical (unpaired) electrons. The molecule has 13 heavy (non-hydrogen) atoms. The zero-order valence-electron chi connectivity index (χ0n) is 8.09. The van der Waals surface area contributed by atoms with Gasteiger partial charge in [0, 0.05) is 24.3 Å². The Morgan fingerprint density at radius 2 is 2.31 bits per heavy atom. The summed E-state index contributed by atoms with van der Waals surface area (Å²) in [6.07, 6.45) is 1.01. The molecule has 2 nitrogen and oxygen atoms in total. The van der Waals surface area contributed by atoms with Crippen LogP contribution in [-0.4, -0.2) is 24.0 Å². The third-order valence-electron chi connectivity index (χ3n) is 1.91. The Hall–Kier alpha value is -0.280. The molecular formula is C9H15ClN2S. The molecule has 0 aliphatic rings. The van der Waals surface area contributed by atoms with Gasteiger partial charge in [-0.15, -0.1) is 22.9 Å². The van der Waals surface area contributed by atoms with Gasteiger partial charge in [0.2, 0.25) is 0 Å². The van der Waals surface area contributed by atoms with Crippen LogP contribution in [0.15, 0.2) is 5.38 Å². The van der Waals surface area contributed by atoms with Gasteiger partial charge >= 0.3 is 0 Å². The quantitative estimate of drug-likeness (QED) is 0.707. The zero-order chi connectivity index (χ0) is 9.68. The third-order valence-corrected chi connectivity index (χ3v) is 3.03. The highest BCUT2D eigenvalue weighted by atomic mass is 35.5. The Morgan fingerprint density at radius 1 is 1.54 bits per heavy atom. The van der Waals surface area contributed by atoms with Gasteiger partial charge < -0.3 is 4.90 Å². The molecule has 0 spiro atoms. The number of aromatic nitrogens is 1. The van der Waals surface area contributed by atoms with Crippen molar-refractivity contribution in [1.82, 2.24) is 4.98 Å². The van der Waals surface area contributed by atoms with Crippen molar-refractivity contribution >= 4 is 28.1 Å². The first-order valence-corrected chi connectivity index (χ1v) is 5.98. The van der Waals surface area contributed by atoms with Crippen LogP contribution in [0, 0.1) is 0 Å². The summed E-state index contributed by atoms with van der Waals surface area (Å²) >= 11 is 7.40. The van der Waals surface area contributed by atoms with Gasteiger partial charge in [-0.25, -0.2) is 4.98 Å². The fraction of sp³-hybridized carbons (Fsp3) is 0.667. The summed E-state index contributed by atoms with van der Waals surface area (Å²) in [5.41, 5.74) is 1.17. The van der Waals surface area contributed by atoms with E-state index in [1.54, 1.807) is 11.3 Å². The minimum atomic E-state index is 0.662. The topological polar surface area (TPSA) is 16.1 Å². The van der Waals surface area contributed by atoms with E-state index in [0.29, 0.717) is 5.88 Å². The summed E-state index contributed by atoms with van der Waals surface area (Å²) in [5, 5.41) is 3.21. The van der Waals surface area contributed by atoms with E-state index in [1.165, 1.54) is 5.69 Å². The molecule has 0 aliphatic heterocycles. The van der Waals surface area contributed by atoms with Crippen LogP contribution < -0.4 is 4.90 Å². The van der Waals surface area contributed by atoms with Gasteiger partial charge in [-0.3, -0.25) is 0 Å². The van der Waals surface area contributed by atoms with Crippen molar-refractivity contribution in [2.45, 2.75) is 20.3 Å². The molecule has 1 rings (SSSR count). The van der Waals surface area contributed by atoms with Crippen molar-refractivity contribution in [3.8, 4) is 0 Å². The molecule has 0 amide bonds. The third kappa shape index (κ3) is 2.85. The highest BCUT2D eigenvalue weighted by Crippen LogP contribution is 2.20. The van der Waals surface area contributed by atoms with Crippen LogP contribution in [-0.2, 0) is 6.42 Å². The fourth-order valence-electron chi connectivity index (χ4n) is 1.09. The molecule has 0 fully saturated rings. The average Bonchev–Trinajstić information content (AvgIpc) is 2.62. The van der Waals surface area contributed by atoms with E-state index in [2.05, 4.69) is 29.1 Å². The summed E-state index contributed by atoms with van der Waals surface area (Å²) in [6, 6.07) is 0. The summed E-state index contributed by atoms with van der Waals surface area (Å²) in [4.78, 5) is 6.71. The van der Waals surface area contributed by atoms with Crippen LogP contribution in [0.25, 0.3) is 0 Å². The van der Waals surface area contributed by atoms with Crippen molar-refractivity contribution in [3.05, 3.63) is 11.1 Å². The Bertz CT molecular complexity index is 250. The lowest BCUT2D eigenvalue weighted by atomic mass is 10.4. The first kappa shape index (κ1) is 10.8. The predicted octanol–water partition coefficient (Wildman–Crippen LogP) is 2.77. The lowest BCUT2D eigenvalue weighted by Crippen LogP contribution is -2.24. The summed E-state index contributed by atoms with van der Waals surface area (Å²) in [5.74, 6) is 0.662. The van der Waals surface area contributed by atoms with Gasteiger partial charge in [0.15, 0.2) is 5.13 Å². The molecule has 0 atom stereocenters. The van der Waals surface area contributed by atoms with Crippen LogP contribution in [0.4, 0.5) is 5.13 Å². The van der Waals surface area contributed by atoms with Crippen molar-refractivity contribution in [3.63, 3.8) is 0 Å². The minimum Gasteiger partial charge on any atom is -0.347 e. The molecule has 0 aliphatic carbocycles. The molecular weight excluding hydrogens is 204 g/mol. The van der Waals surface area contributed by atoms with E-state index < -0.39 is 0 Å². The van der Waals surface area contributed by atoms with Gasteiger partial charge in [-0.1, -0.05) is 6.92 Å². The molecule has 0 saturated heterocycles. The number of alkyl halides is 1. The largest absolute Gasteiger partial charge is 0.347 e. The van der Waals surface area contributed by atoms with Gasteiger partial charge in [0.05, 0.1) is 5.69 Å². The lowest BCUT2D eigenvalue weighted by molar-refractivity contribution is 0.857. The van der Waals surface area contributed by atoms with E-state index in [4.69, 9.17) is 11.6 Å². The first-order chi connectivity index (χ1) is 6.31. The van der Waals surface area contributed by atoms with E-state index >= 15 is 0 Å². The van der Waals surface area contributed by atoms with Crippen LogP contribution in [0.1, 0.15) is 19.5 Å². The first-order valence-electron chi connectivity index (χ1n) is 4.57. The molecule has 0 aromatic carbocycles. The van der Waals surface area contributed by atoms with E-state index in [1.807, 2.05) is 0 Å². The highest BCUT2D eigenvalue weighted by Gasteiger charge is 2.07. The number of thiazole rings is 1. The van der Waals surface area contributed by atoms with Crippen LogP contribution in [0.2, 0.25) is 0 Å². The molecule has 0 N–H and O–H groups in total. The molecule has 0 unspecified atom stereocenters. The Balaban J connectivity index is 2.67. The molecule has 1 heterocycles. The predicted molar refractivity (Wildman–Crippen MR) is 60.1 cm³/mol. The molecule has 0 saturated carbocycles. The monoisotopic (exact) mass is 218 g/mol. The Morgan fingerprint density at radius 3 is 2.77 bits per heavy atom. The van der Waals surface area contributed by atoms with Gasteiger partial charge in [0.25, 0.3) is 0 Å². The second-order valence-corrected chi connectivity index (χ2v) is 3.96. The van der Waals surface area contributed by atoms with Crippen LogP contribution >= 0.6 is 22.9 Å². The van der Waals surface area contributed by atoms with E-state index in [9.17, 15) is 0 Å². The minimum absolute atomic E-state index is 0.662. The van der Waals surface area contributed by atoms with Crippen molar-refractivity contribution < 1.29 is 0 Å².